The number of rotatable bonds is 5. The van der Waals surface area contributed by atoms with Gasteiger partial charge in [-0.05, 0) is 35.4 Å². The normalized spacial score (nSPS) is 14.9. The lowest BCUT2D eigenvalue weighted by Gasteiger charge is -2.22. The molecule has 7 nitrogen and oxygen atoms in total. The van der Waals surface area contributed by atoms with Crippen LogP contribution in [0.1, 0.15) is 19.3 Å². The summed E-state index contributed by atoms with van der Waals surface area (Å²) < 4.78 is 1.44. The molecule has 8 heteroatoms. The summed E-state index contributed by atoms with van der Waals surface area (Å²) in [5, 5.41) is 15.6. The number of nitrogens with zero attached hydrogens (tertiary/aromatic N) is 6. The van der Waals surface area contributed by atoms with E-state index in [1.54, 1.807) is 0 Å². The molecule has 2 aromatic heterocycles. The zero-order valence-corrected chi connectivity index (χ0v) is 10.5. The molecule has 0 bridgehead atoms. The molecule has 0 aliphatic heterocycles. The second-order valence-corrected chi connectivity index (χ2v) is 4.88. The SMILES string of the molecule is NC(=S)CCN(c1ccc2nnnn2n1)C1CC1. The second-order valence-electron chi connectivity index (χ2n) is 4.36. The summed E-state index contributed by atoms with van der Waals surface area (Å²) >= 11 is 4.93. The lowest BCUT2D eigenvalue weighted by atomic mass is 10.3. The Hall–Kier alpha value is -1.83. The summed E-state index contributed by atoms with van der Waals surface area (Å²) in [5.41, 5.74) is 6.20. The Bertz CT molecular complexity index is 576. The first-order chi connectivity index (χ1) is 8.74. The lowest BCUT2D eigenvalue weighted by Crippen LogP contribution is -2.30. The van der Waals surface area contributed by atoms with E-state index >= 15 is 0 Å². The molecule has 1 aliphatic rings. The molecule has 1 fully saturated rings. The molecule has 2 N–H and O–H groups in total. The molecule has 18 heavy (non-hydrogen) atoms. The fourth-order valence-corrected chi connectivity index (χ4v) is 1.99. The highest BCUT2D eigenvalue weighted by atomic mass is 32.1. The molecule has 2 heterocycles. The van der Waals surface area contributed by atoms with Crippen LogP contribution in [0.25, 0.3) is 5.65 Å². The molecule has 1 aliphatic carbocycles. The van der Waals surface area contributed by atoms with E-state index in [0.717, 1.165) is 12.4 Å². The Morgan fingerprint density at radius 2 is 2.33 bits per heavy atom. The van der Waals surface area contributed by atoms with Gasteiger partial charge in [0.25, 0.3) is 0 Å². The standard InChI is InChI=1S/C10H13N7S/c11-8(18)5-6-16(7-1-2-7)10-4-3-9-12-14-15-17(9)13-10/h3-4,7H,1-2,5-6H2,(H2,11,18). The van der Waals surface area contributed by atoms with Crippen molar-refractivity contribution in [2.75, 3.05) is 11.4 Å². The van der Waals surface area contributed by atoms with Crippen molar-refractivity contribution in [2.24, 2.45) is 5.73 Å². The Balaban J connectivity index is 1.85. The first-order valence-electron chi connectivity index (χ1n) is 5.84. The second kappa shape index (κ2) is 4.45. The predicted octanol–water partition coefficient (Wildman–Crippen LogP) is 0.164. The van der Waals surface area contributed by atoms with Gasteiger partial charge in [0.1, 0.15) is 0 Å². The topological polar surface area (TPSA) is 85.2 Å². The van der Waals surface area contributed by atoms with Gasteiger partial charge in [0, 0.05) is 19.0 Å². The quantitative estimate of drug-likeness (QED) is 0.769. The predicted molar refractivity (Wildman–Crippen MR) is 70.3 cm³/mol. The first-order valence-corrected chi connectivity index (χ1v) is 6.25. The van der Waals surface area contributed by atoms with Gasteiger partial charge in [0.15, 0.2) is 11.5 Å². The van der Waals surface area contributed by atoms with Gasteiger partial charge in [-0.3, -0.25) is 0 Å². The number of hydrogen-bond acceptors (Lipinski definition) is 6. The van der Waals surface area contributed by atoms with Crippen LogP contribution >= 0.6 is 12.2 Å². The van der Waals surface area contributed by atoms with Crippen LogP contribution in [0.15, 0.2) is 12.1 Å². The van der Waals surface area contributed by atoms with Crippen molar-refractivity contribution in [2.45, 2.75) is 25.3 Å². The van der Waals surface area contributed by atoms with Gasteiger partial charge in [-0.2, -0.15) is 0 Å². The van der Waals surface area contributed by atoms with E-state index in [2.05, 4.69) is 25.5 Å². The molecule has 94 valence electrons. The minimum Gasteiger partial charge on any atom is -0.393 e. The van der Waals surface area contributed by atoms with Crippen molar-refractivity contribution >= 4 is 28.7 Å². The van der Waals surface area contributed by atoms with Crippen LogP contribution < -0.4 is 10.6 Å². The van der Waals surface area contributed by atoms with Crippen LogP contribution in [0, 0.1) is 0 Å². The van der Waals surface area contributed by atoms with Gasteiger partial charge < -0.3 is 10.6 Å². The molecular formula is C10H13N7S. The maximum Gasteiger partial charge on any atom is 0.200 e. The zero-order valence-electron chi connectivity index (χ0n) is 9.73. The Morgan fingerprint density at radius 1 is 1.50 bits per heavy atom. The number of nitrogens with two attached hydrogens (primary N) is 1. The van der Waals surface area contributed by atoms with E-state index < -0.39 is 0 Å². The highest BCUT2D eigenvalue weighted by Crippen LogP contribution is 2.30. The molecule has 0 atom stereocenters. The minimum atomic E-state index is 0.532. The van der Waals surface area contributed by atoms with Gasteiger partial charge in [0.05, 0.1) is 4.99 Å². The van der Waals surface area contributed by atoms with Crippen molar-refractivity contribution < 1.29 is 0 Å². The maximum atomic E-state index is 5.56. The van der Waals surface area contributed by atoms with Gasteiger partial charge in [-0.1, -0.05) is 12.2 Å². The van der Waals surface area contributed by atoms with Crippen LogP contribution in [0.3, 0.4) is 0 Å². The van der Waals surface area contributed by atoms with Crippen molar-refractivity contribution in [3.05, 3.63) is 12.1 Å². The molecule has 1 saturated carbocycles. The largest absolute Gasteiger partial charge is 0.393 e. The van der Waals surface area contributed by atoms with E-state index in [0.29, 0.717) is 23.1 Å². The lowest BCUT2D eigenvalue weighted by molar-refractivity contribution is 0.702. The van der Waals surface area contributed by atoms with Crippen LogP contribution in [0.2, 0.25) is 0 Å². The third-order valence-corrected chi connectivity index (χ3v) is 3.14. The molecule has 3 rings (SSSR count). The third-order valence-electron chi connectivity index (χ3n) is 2.94. The Kier molecular flexibility index (Phi) is 2.78. The Labute approximate surface area is 109 Å². The van der Waals surface area contributed by atoms with Gasteiger partial charge in [-0.15, -0.1) is 14.8 Å². The average Bonchev–Trinajstić information content (AvgIpc) is 3.07. The van der Waals surface area contributed by atoms with E-state index in [1.165, 1.54) is 17.5 Å². The van der Waals surface area contributed by atoms with Crippen molar-refractivity contribution in [1.29, 1.82) is 0 Å². The minimum absolute atomic E-state index is 0.532. The summed E-state index contributed by atoms with van der Waals surface area (Å²) in [7, 11) is 0. The summed E-state index contributed by atoms with van der Waals surface area (Å²) in [4.78, 5) is 2.75. The third kappa shape index (κ3) is 2.23. The maximum absolute atomic E-state index is 5.56. The summed E-state index contributed by atoms with van der Waals surface area (Å²) in [6.07, 6.45) is 3.07. The molecular weight excluding hydrogens is 250 g/mol. The van der Waals surface area contributed by atoms with E-state index in [9.17, 15) is 0 Å². The average molecular weight is 263 g/mol. The molecule has 0 saturated heterocycles. The number of anilines is 1. The highest BCUT2D eigenvalue weighted by Gasteiger charge is 2.30. The van der Waals surface area contributed by atoms with Crippen LogP contribution in [-0.4, -0.2) is 42.8 Å². The fraction of sp³-hybridized carbons (Fsp3) is 0.500. The Morgan fingerprint density at radius 3 is 3.06 bits per heavy atom. The van der Waals surface area contributed by atoms with Crippen LogP contribution in [0.4, 0.5) is 5.82 Å². The molecule has 0 radical (unpaired) electrons. The van der Waals surface area contributed by atoms with E-state index in [1.807, 2.05) is 12.1 Å². The van der Waals surface area contributed by atoms with Crippen molar-refractivity contribution in [3.8, 4) is 0 Å². The molecule has 0 unspecified atom stereocenters. The van der Waals surface area contributed by atoms with Crippen molar-refractivity contribution in [1.82, 2.24) is 25.3 Å². The number of fused-ring (bicyclic) bond motifs is 1. The molecule has 0 spiro atoms. The molecule has 0 aromatic carbocycles. The number of tetrazole rings is 1. The fourth-order valence-electron chi connectivity index (χ4n) is 1.89. The number of thiocarbonyl (C=S) groups is 1. The number of aromatic nitrogens is 5. The van der Waals surface area contributed by atoms with Gasteiger partial charge in [-0.25, -0.2) is 0 Å². The first kappa shape index (κ1) is 11.3. The monoisotopic (exact) mass is 263 g/mol. The molecule has 2 aromatic rings. The number of hydrogen-bond donors (Lipinski definition) is 1. The van der Waals surface area contributed by atoms with Crippen LogP contribution in [-0.2, 0) is 0 Å². The van der Waals surface area contributed by atoms with Crippen LogP contribution in [0.5, 0.6) is 0 Å². The van der Waals surface area contributed by atoms with Gasteiger partial charge in [0.2, 0.25) is 0 Å². The summed E-state index contributed by atoms with van der Waals surface area (Å²) in [6, 6.07) is 4.34. The zero-order chi connectivity index (χ0) is 12.5. The highest BCUT2D eigenvalue weighted by molar-refractivity contribution is 7.80. The van der Waals surface area contributed by atoms with Crippen molar-refractivity contribution in [3.63, 3.8) is 0 Å². The van der Waals surface area contributed by atoms with E-state index in [4.69, 9.17) is 18.0 Å². The summed E-state index contributed by atoms with van der Waals surface area (Å²) in [5.74, 6) is 0.869. The van der Waals surface area contributed by atoms with Gasteiger partial charge >= 0.3 is 0 Å². The molecule has 0 amide bonds. The van der Waals surface area contributed by atoms with E-state index in [-0.39, 0.29) is 0 Å². The smallest absolute Gasteiger partial charge is 0.200 e. The summed E-state index contributed by atoms with van der Waals surface area (Å²) in [6.45, 7) is 0.792.